The highest BCUT2D eigenvalue weighted by molar-refractivity contribution is 6.01. The monoisotopic (exact) mass is 782 g/mol. The smallest absolute Gasteiger partial charge is 0.0581 e. The number of allylic oxidation sites excluding steroid dienone is 4. The molecule has 0 atom stereocenters. The van der Waals surface area contributed by atoms with Gasteiger partial charge in [-0.3, -0.25) is 0 Å². The van der Waals surface area contributed by atoms with Crippen molar-refractivity contribution in [3.05, 3.63) is 235 Å². The second-order valence-electron chi connectivity index (χ2n) is 16.9. The Bertz CT molecular complexity index is 3080. The zero-order chi connectivity index (χ0) is 40.9. The van der Waals surface area contributed by atoms with Crippen molar-refractivity contribution in [3.63, 3.8) is 0 Å². The molecule has 1 aromatic heterocycles. The third kappa shape index (κ3) is 6.44. The maximum absolute atomic E-state index is 2.52. The van der Waals surface area contributed by atoms with Gasteiger partial charge in [-0.05, 0) is 129 Å². The fraction of sp³-hybridized carbons (Fsp3) is 0.0847. The van der Waals surface area contributed by atoms with Gasteiger partial charge in [0.05, 0.1) is 11.2 Å². The van der Waals surface area contributed by atoms with Crippen LogP contribution >= 0.6 is 0 Å². The molecule has 0 bridgehead atoms. The summed E-state index contributed by atoms with van der Waals surface area (Å²) < 4.78 is 2.52. The Kier molecular flexibility index (Phi) is 9.01. The van der Waals surface area contributed by atoms with Crippen LogP contribution < -0.4 is 4.90 Å². The van der Waals surface area contributed by atoms with Crippen LogP contribution in [-0.2, 0) is 5.41 Å². The highest BCUT2D eigenvalue weighted by Gasteiger charge is 2.42. The SMILES string of the molecule is CC1(C)C2=C(C=CCC2)c2c1c1cc(-c3ccc(-c4ccc(N(c5ccccc5)c5ccc(-c6ccccc6)cc5)cc4)cc3)ccc1n2-c1ccc(-c2ccccc2)cc1. The molecule has 0 saturated carbocycles. The lowest BCUT2D eigenvalue weighted by Gasteiger charge is -2.26. The molecule has 61 heavy (non-hydrogen) atoms. The topological polar surface area (TPSA) is 8.17 Å². The molecule has 0 aliphatic heterocycles. The van der Waals surface area contributed by atoms with Crippen molar-refractivity contribution in [2.24, 2.45) is 0 Å². The highest BCUT2D eigenvalue weighted by atomic mass is 15.1. The summed E-state index contributed by atoms with van der Waals surface area (Å²) in [5.41, 5.74) is 21.3. The molecule has 8 aromatic carbocycles. The molecule has 2 aliphatic carbocycles. The van der Waals surface area contributed by atoms with E-state index in [2.05, 4.69) is 242 Å². The van der Waals surface area contributed by atoms with Crippen LogP contribution in [0, 0.1) is 0 Å². The normalized spacial score (nSPS) is 13.9. The minimum atomic E-state index is -0.0563. The van der Waals surface area contributed by atoms with E-state index in [1.54, 1.807) is 5.57 Å². The molecule has 1 heterocycles. The zero-order valence-corrected chi connectivity index (χ0v) is 34.6. The number of para-hydroxylation sites is 1. The first-order valence-corrected chi connectivity index (χ1v) is 21.5. The van der Waals surface area contributed by atoms with Crippen LogP contribution in [0.3, 0.4) is 0 Å². The molecular formula is C59H46N2. The average molecular weight is 783 g/mol. The van der Waals surface area contributed by atoms with E-state index in [-0.39, 0.29) is 5.41 Å². The van der Waals surface area contributed by atoms with E-state index in [4.69, 9.17) is 0 Å². The molecular weight excluding hydrogens is 737 g/mol. The van der Waals surface area contributed by atoms with Gasteiger partial charge in [0, 0.05) is 33.6 Å². The van der Waals surface area contributed by atoms with Crippen LogP contribution in [0.15, 0.2) is 224 Å². The zero-order valence-electron chi connectivity index (χ0n) is 34.6. The Labute approximate surface area is 359 Å². The lowest BCUT2D eigenvalue weighted by atomic mass is 9.77. The van der Waals surface area contributed by atoms with Crippen molar-refractivity contribution in [2.45, 2.75) is 32.1 Å². The average Bonchev–Trinajstić information content (AvgIpc) is 3.80. The summed E-state index contributed by atoms with van der Waals surface area (Å²) in [7, 11) is 0. The molecule has 0 radical (unpaired) electrons. The first kappa shape index (κ1) is 36.6. The molecule has 0 N–H and O–H groups in total. The standard InChI is InChI=1S/C59H46N2/c1-59(2)55-21-13-12-20-53(55)58-57(59)54-40-48(32-39-56(54)61(58)52-37-30-45(31-38-52)42-16-8-4-9-17-42)47-24-22-43(23-25-47)46-28-35-51(36-29-46)60(49-18-10-5-11-19-49)50-33-26-44(27-34-50)41-14-6-3-7-15-41/h3-12,14-20,22-40H,13,21H2,1-2H3. The van der Waals surface area contributed by atoms with E-state index in [1.165, 1.54) is 77.9 Å². The van der Waals surface area contributed by atoms with Crippen molar-refractivity contribution in [1.82, 2.24) is 4.57 Å². The van der Waals surface area contributed by atoms with Gasteiger partial charge in [0.15, 0.2) is 0 Å². The highest BCUT2D eigenvalue weighted by Crippen LogP contribution is 2.54. The first-order chi connectivity index (χ1) is 30.0. The summed E-state index contributed by atoms with van der Waals surface area (Å²) in [6.45, 7) is 4.87. The van der Waals surface area contributed by atoms with Crippen molar-refractivity contribution >= 4 is 33.5 Å². The Morgan fingerprint density at radius 3 is 1.41 bits per heavy atom. The summed E-state index contributed by atoms with van der Waals surface area (Å²) in [5.74, 6) is 0. The number of fused-ring (bicyclic) bond motifs is 4. The Morgan fingerprint density at radius 2 is 0.869 bits per heavy atom. The van der Waals surface area contributed by atoms with Crippen molar-refractivity contribution in [2.75, 3.05) is 4.90 Å². The minimum Gasteiger partial charge on any atom is -0.311 e. The minimum absolute atomic E-state index is 0.0563. The number of rotatable bonds is 8. The summed E-state index contributed by atoms with van der Waals surface area (Å²) in [4.78, 5) is 2.32. The van der Waals surface area contributed by atoms with Crippen LogP contribution in [0.2, 0.25) is 0 Å². The Balaban J connectivity index is 0.918. The number of aromatic nitrogens is 1. The van der Waals surface area contributed by atoms with E-state index in [0.717, 1.165) is 29.9 Å². The van der Waals surface area contributed by atoms with E-state index in [9.17, 15) is 0 Å². The fourth-order valence-corrected chi connectivity index (χ4v) is 9.86. The quantitative estimate of drug-likeness (QED) is 0.149. The predicted molar refractivity (Wildman–Crippen MR) is 258 cm³/mol. The number of hydrogen-bond donors (Lipinski definition) is 0. The molecule has 2 heteroatoms. The van der Waals surface area contributed by atoms with Gasteiger partial charge in [0.2, 0.25) is 0 Å². The molecule has 2 nitrogen and oxygen atoms in total. The van der Waals surface area contributed by atoms with Gasteiger partial charge < -0.3 is 9.47 Å². The van der Waals surface area contributed by atoms with Crippen molar-refractivity contribution < 1.29 is 0 Å². The van der Waals surface area contributed by atoms with Gasteiger partial charge in [0.25, 0.3) is 0 Å². The Hall–Kier alpha value is -7.42. The molecule has 0 amide bonds. The summed E-state index contributed by atoms with van der Waals surface area (Å²) in [6, 6.07) is 75.0. The largest absolute Gasteiger partial charge is 0.311 e. The second kappa shape index (κ2) is 15.0. The fourth-order valence-electron chi connectivity index (χ4n) is 9.86. The first-order valence-electron chi connectivity index (χ1n) is 21.5. The van der Waals surface area contributed by atoms with Crippen LogP contribution in [0.5, 0.6) is 0 Å². The number of benzene rings is 8. The molecule has 0 fully saturated rings. The molecule has 292 valence electrons. The lowest BCUT2D eigenvalue weighted by molar-refractivity contribution is 0.612. The van der Waals surface area contributed by atoms with Crippen molar-refractivity contribution in [3.8, 4) is 50.2 Å². The predicted octanol–water partition coefficient (Wildman–Crippen LogP) is 16.2. The van der Waals surface area contributed by atoms with Crippen molar-refractivity contribution in [1.29, 1.82) is 0 Å². The second-order valence-corrected chi connectivity index (χ2v) is 16.9. The van der Waals surface area contributed by atoms with Gasteiger partial charge in [-0.25, -0.2) is 0 Å². The third-order valence-electron chi connectivity index (χ3n) is 12.9. The van der Waals surface area contributed by atoms with Gasteiger partial charge in [-0.2, -0.15) is 0 Å². The van der Waals surface area contributed by atoms with Gasteiger partial charge in [0.1, 0.15) is 0 Å². The van der Waals surface area contributed by atoms with E-state index in [1.807, 2.05) is 0 Å². The molecule has 0 spiro atoms. The van der Waals surface area contributed by atoms with Crippen LogP contribution in [-0.4, -0.2) is 4.57 Å². The maximum atomic E-state index is 2.52. The van der Waals surface area contributed by atoms with Crippen LogP contribution in [0.25, 0.3) is 66.7 Å². The van der Waals surface area contributed by atoms with E-state index in [0.29, 0.717) is 0 Å². The number of nitrogens with zero attached hydrogens (tertiary/aromatic N) is 2. The third-order valence-corrected chi connectivity index (χ3v) is 12.9. The van der Waals surface area contributed by atoms with Gasteiger partial charge in [-0.15, -0.1) is 0 Å². The molecule has 0 saturated heterocycles. The van der Waals surface area contributed by atoms with Crippen LogP contribution in [0.1, 0.15) is 37.9 Å². The van der Waals surface area contributed by atoms with Gasteiger partial charge in [-0.1, -0.05) is 177 Å². The number of anilines is 3. The van der Waals surface area contributed by atoms with E-state index >= 15 is 0 Å². The summed E-state index contributed by atoms with van der Waals surface area (Å²) in [6.07, 6.45) is 6.95. The van der Waals surface area contributed by atoms with E-state index < -0.39 is 0 Å². The molecule has 11 rings (SSSR count). The van der Waals surface area contributed by atoms with Gasteiger partial charge >= 0.3 is 0 Å². The Morgan fingerprint density at radius 1 is 0.443 bits per heavy atom. The summed E-state index contributed by atoms with van der Waals surface area (Å²) in [5, 5.41) is 1.34. The lowest BCUT2D eigenvalue weighted by Crippen LogP contribution is -2.17. The number of hydrogen-bond acceptors (Lipinski definition) is 1. The summed E-state index contributed by atoms with van der Waals surface area (Å²) >= 11 is 0. The molecule has 0 unspecified atom stereocenters. The molecule has 2 aliphatic rings. The maximum Gasteiger partial charge on any atom is 0.0581 e. The van der Waals surface area contributed by atoms with Crippen LogP contribution in [0.4, 0.5) is 17.1 Å². The molecule has 9 aromatic rings.